The van der Waals surface area contributed by atoms with E-state index >= 15 is 0 Å². The molecule has 19 heavy (non-hydrogen) atoms. The van der Waals surface area contributed by atoms with Crippen molar-refractivity contribution >= 4 is 11.9 Å². The molecule has 1 saturated carbocycles. The van der Waals surface area contributed by atoms with Crippen LogP contribution in [0.2, 0.25) is 0 Å². The molecule has 1 saturated heterocycles. The first-order valence-electron chi connectivity index (χ1n) is 6.64. The highest BCUT2D eigenvalue weighted by atomic mass is 16.6. The van der Waals surface area contributed by atoms with E-state index in [1.807, 2.05) is 23.1 Å². The summed E-state index contributed by atoms with van der Waals surface area (Å²) in [6.07, 6.45) is 4.04. The van der Waals surface area contributed by atoms with Gasteiger partial charge in [-0.2, -0.15) is 0 Å². The van der Waals surface area contributed by atoms with Crippen molar-refractivity contribution in [3.63, 3.8) is 0 Å². The van der Waals surface area contributed by atoms with Crippen LogP contribution in [-0.4, -0.2) is 33.9 Å². The largest absolute Gasteiger partial charge is 0.452 e. The monoisotopic (exact) mass is 260 g/mol. The highest BCUT2D eigenvalue weighted by Crippen LogP contribution is 2.30. The molecule has 0 unspecified atom stereocenters. The summed E-state index contributed by atoms with van der Waals surface area (Å²) in [5, 5.41) is 0. The second-order valence-electron chi connectivity index (χ2n) is 5.04. The molecule has 1 atom stereocenters. The molecule has 100 valence electrons. The Labute approximate surface area is 111 Å². The Hall–Kier alpha value is -1.91. The van der Waals surface area contributed by atoms with Crippen LogP contribution in [0.4, 0.5) is 0 Å². The number of hydrogen-bond acceptors (Lipinski definition) is 4. The number of nitrogens with zero attached hydrogens (tertiary/aromatic N) is 2. The van der Waals surface area contributed by atoms with E-state index in [4.69, 9.17) is 4.74 Å². The van der Waals surface area contributed by atoms with Crippen LogP contribution < -0.4 is 0 Å². The average Bonchev–Trinajstić information content (AvgIpc) is 3.18. The van der Waals surface area contributed by atoms with Gasteiger partial charge >= 0.3 is 5.97 Å². The van der Waals surface area contributed by atoms with E-state index in [1.54, 1.807) is 6.20 Å². The van der Waals surface area contributed by atoms with Crippen LogP contribution in [0.1, 0.15) is 31.4 Å². The number of carbonyl (C=O) groups excluding carboxylic acids is 2. The number of rotatable bonds is 4. The van der Waals surface area contributed by atoms with Gasteiger partial charge in [0.1, 0.15) is 0 Å². The number of amides is 1. The smallest absolute Gasteiger partial charge is 0.306 e. The molecule has 0 aromatic carbocycles. The van der Waals surface area contributed by atoms with Crippen molar-refractivity contribution in [1.82, 2.24) is 9.88 Å². The van der Waals surface area contributed by atoms with Crippen LogP contribution >= 0.6 is 0 Å². The molecule has 1 aliphatic carbocycles. The van der Waals surface area contributed by atoms with Gasteiger partial charge in [-0.1, -0.05) is 6.07 Å². The van der Waals surface area contributed by atoms with Gasteiger partial charge in [0.2, 0.25) is 0 Å². The van der Waals surface area contributed by atoms with Crippen molar-refractivity contribution in [1.29, 1.82) is 0 Å². The minimum atomic E-state index is -0.586. The Bertz CT molecular complexity index is 485. The number of ether oxygens (including phenoxy) is 1. The highest BCUT2D eigenvalue weighted by Gasteiger charge is 2.39. The molecule has 2 heterocycles. The average molecular weight is 260 g/mol. The Morgan fingerprint density at radius 2 is 2.21 bits per heavy atom. The zero-order valence-electron chi connectivity index (χ0n) is 10.6. The van der Waals surface area contributed by atoms with Crippen LogP contribution in [0.5, 0.6) is 0 Å². The van der Waals surface area contributed by atoms with E-state index in [1.165, 1.54) is 0 Å². The standard InChI is InChI=1S/C14H16N2O3/c17-13-7-6-12(19-13)14(18)16(11-4-5-11)9-10-3-1-2-8-15-10/h1-3,8,11-12H,4-7,9H2/t12-/m0/s1. The maximum Gasteiger partial charge on any atom is 0.306 e. The summed E-state index contributed by atoms with van der Waals surface area (Å²) in [7, 11) is 0. The van der Waals surface area contributed by atoms with Gasteiger partial charge in [0.05, 0.1) is 12.2 Å². The van der Waals surface area contributed by atoms with E-state index in [0.717, 1.165) is 18.5 Å². The van der Waals surface area contributed by atoms with Crippen molar-refractivity contribution in [3.8, 4) is 0 Å². The first-order chi connectivity index (χ1) is 9.24. The van der Waals surface area contributed by atoms with Gasteiger partial charge in [-0.25, -0.2) is 0 Å². The van der Waals surface area contributed by atoms with Crippen molar-refractivity contribution in [2.45, 2.75) is 44.4 Å². The predicted octanol–water partition coefficient (Wildman–Crippen LogP) is 1.28. The van der Waals surface area contributed by atoms with Gasteiger partial charge in [0.15, 0.2) is 6.10 Å². The van der Waals surface area contributed by atoms with Crippen molar-refractivity contribution < 1.29 is 14.3 Å². The molecule has 0 N–H and O–H groups in total. The Morgan fingerprint density at radius 1 is 1.37 bits per heavy atom. The second-order valence-corrected chi connectivity index (χ2v) is 5.04. The van der Waals surface area contributed by atoms with E-state index in [2.05, 4.69) is 4.98 Å². The third-order valence-electron chi connectivity index (χ3n) is 3.49. The van der Waals surface area contributed by atoms with E-state index < -0.39 is 6.10 Å². The van der Waals surface area contributed by atoms with Gasteiger partial charge in [-0.3, -0.25) is 14.6 Å². The fourth-order valence-electron chi connectivity index (χ4n) is 2.32. The maximum absolute atomic E-state index is 12.4. The Kier molecular flexibility index (Phi) is 3.19. The topological polar surface area (TPSA) is 59.5 Å². The van der Waals surface area contributed by atoms with Crippen molar-refractivity contribution in [2.75, 3.05) is 0 Å². The van der Waals surface area contributed by atoms with Crippen LogP contribution in [0, 0.1) is 0 Å². The zero-order chi connectivity index (χ0) is 13.2. The molecule has 1 aliphatic heterocycles. The molecular formula is C14H16N2O3. The van der Waals surface area contributed by atoms with Crippen LogP contribution in [0.15, 0.2) is 24.4 Å². The quantitative estimate of drug-likeness (QED) is 0.765. The lowest BCUT2D eigenvalue weighted by atomic mass is 10.2. The molecule has 5 nitrogen and oxygen atoms in total. The van der Waals surface area contributed by atoms with Gasteiger partial charge in [-0.05, 0) is 25.0 Å². The lowest BCUT2D eigenvalue weighted by Gasteiger charge is -2.24. The first-order valence-corrected chi connectivity index (χ1v) is 6.64. The second kappa shape index (κ2) is 4.99. The SMILES string of the molecule is O=C1CC[C@@H](C(=O)N(Cc2ccccn2)C2CC2)O1. The number of aromatic nitrogens is 1. The molecule has 1 aromatic heterocycles. The molecule has 1 amide bonds. The summed E-state index contributed by atoms with van der Waals surface area (Å²) < 4.78 is 5.07. The fraction of sp³-hybridized carbons (Fsp3) is 0.500. The fourth-order valence-corrected chi connectivity index (χ4v) is 2.32. The minimum absolute atomic E-state index is 0.0704. The number of cyclic esters (lactones) is 1. The summed E-state index contributed by atoms with van der Waals surface area (Å²) in [4.78, 5) is 29.6. The Balaban J connectivity index is 1.70. The molecule has 0 spiro atoms. The molecule has 3 rings (SSSR count). The molecule has 0 bridgehead atoms. The molecule has 2 aliphatic rings. The lowest BCUT2D eigenvalue weighted by Crippen LogP contribution is -2.40. The summed E-state index contributed by atoms with van der Waals surface area (Å²) in [5.41, 5.74) is 0.868. The van der Waals surface area contributed by atoms with E-state index in [9.17, 15) is 9.59 Å². The van der Waals surface area contributed by atoms with Crippen LogP contribution in [-0.2, 0) is 20.9 Å². The van der Waals surface area contributed by atoms with Gasteiger partial charge < -0.3 is 9.64 Å². The molecule has 2 fully saturated rings. The number of carbonyl (C=O) groups is 2. The zero-order valence-corrected chi connectivity index (χ0v) is 10.6. The summed E-state index contributed by atoms with van der Waals surface area (Å²) in [6, 6.07) is 5.95. The van der Waals surface area contributed by atoms with Gasteiger partial charge in [-0.15, -0.1) is 0 Å². The van der Waals surface area contributed by atoms with Crippen LogP contribution in [0.3, 0.4) is 0 Å². The maximum atomic E-state index is 12.4. The predicted molar refractivity (Wildman–Crippen MR) is 66.9 cm³/mol. The lowest BCUT2D eigenvalue weighted by molar-refractivity contribution is -0.153. The number of esters is 1. The first kappa shape index (κ1) is 12.1. The molecule has 5 heteroatoms. The number of pyridine rings is 1. The minimum Gasteiger partial charge on any atom is -0.452 e. The van der Waals surface area contributed by atoms with E-state index in [0.29, 0.717) is 19.4 Å². The summed E-state index contributed by atoms with van der Waals surface area (Å²) >= 11 is 0. The molecule has 0 radical (unpaired) electrons. The Morgan fingerprint density at radius 3 is 2.79 bits per heavy atom. The normalized spacial score (nSPS) is 22.1. The molecule has 1 aromatic rings. The van der Waals surface area contributed by atoms with Gasteiger partial charge in [0, 0.05) is 25.1 Å². The van der Waals surface area contributed by atoms with E-state index in [-0.39, 0.29) is 17.9 Å². The van der Waals surface area contributed by atoms with Crippen LogP contribution in [0.25, 0.3) is 0 Å². The highest BCUT2D eigenvalue weighted by molar-refractivity contribution is 5.86. The summed E-state index contributed by atoms with van der Waals surface area (Å²) in [6.45, 7) is 0.498. The number of hydrogen-bond donors (Lipinski definition) is 0. The molecular weight excluding hydrogens is 244 g/mol. The van der Waals surface area contributed by atoms with Gasteiger partial charge in [0.25, 0.3) is 5.91 Å². The van der Waals surface area contributed by atoms with Crippen molar-refractivity contribution in [2.24, 2.45) is 0 Å². The third-order valence-corrected chi connectivity index (χ3v) is 3.49. The third kappa shape index (κ3) is 2.75. The summed E-state index contributed by atoms with van der Waals surface area (Å²) in [5.74, 6) is -0.342. The van der Waals surface area contributed by atoms with Crippen molar-refractivity contribution in [3.05, 3.63) is 30.1 Å².